The average molecular weight is 679 g/mol. The highest BCUT2D eigenvalue weighted by atomic mass is 16.4. The number of carboxylic acids is 2. The van der Waals surface area contributed by atoms with Crippen molar-refractivity contribution in [2.75, 3.05) is 0 Å². The number of hydrogen-bond donors (Lipinski definition) is 7. The summed E-state index contributed by atoms with van der Waals surface area (Å²) >= 11 is 0. The molecule has 7 aromatic carbocycles. The van der Waals surface area contributed by atoms with Crippen LogP contribution in [0.3, 0.4) is 0 Å². The Bertz CT molecular complexity index is 2250. The molecule has 0 aromatic heterocycles. The van der Waals surface area contributed by atoms with Gasteiger partial charge >= 0.3 is 11.9 Å². The molecule has 0 saturated carbocycles. The van der Waals surface area contributed by atoms with E-state index in [1.54, 1.807) is 84.9 Å². The van der Waals surface area contributed by atoms with Crippen LogP contribution in [0.4, 0.5) is 0 Å². The Morgan fingerprint density at radius 2 is 0.765 bits per heavy atom. The van der Waals surface area contributed by atoms with Crippen LogP contribution in [0.1, 0.15) is 54.5 Å². The van der Waals surface area contributed by atoms with Gasteiger partial charge in [-0.25, -0.2) is 9.59 Å². The normalized spacial score (nSPS) is 11.6. The van der Waals surface area contributed by atoms with E-state index in [-0.39, 0.29) is 28.4 Å². The van der Waals surface area contributed by atoms with E-state index in [0.717, 1.165) is 0 Å². The Morgan fingerprint density at radius 3 is 1.08 bits per heavy atom. The molecule has 0 radical (unpaired) electrons. The van der Waals surface area contributed by atoms with Gasteiger partial charge in [0.25, 0.3) is 0 Å². The molecule has 9 heteroatoms. The number of benzene rings is 7. The summed E-state index contributed by atoms with van der Waals surface area (Å²) in [7, 11) is 0. The summed E-state index contributed by atoms with van der Waals surface area (Å²) in [6, 6.07) is 35.0. The summed E-state index contributed by atoms with van der Waals surface area (Å²) in [5.74, 6) is -5.61. The molecule has 0 unspecified atom stereocenters. The van der Waals surface area contributed by atoms with Crippen LogP contribution in [0.15, 0.2) is 133 Å². The van der Waals surface area contributed by atoms with Gasteiger partial charge in [-0.2, -0.15) is 0 Å². The predicted molar refractivity (Wildman–Crippen MR) is 191 cm³/mol. The summed E-state index contributed by atoms with van der Waals surface area (Å²) in [5.41, 5.74) is -0.958. The van der Waals surface area contributed by atoms with Crippen molar-refractivity contribution in [3.8, 4) is 28.7 Å². The molecule has 0 spiro atoms. The summed E-state index contributed by atoms with van der Waals surface area (Å²) in [6.07, 6.45) is 0. The molecule has 0 heterocycles. The minimum absolute atomic E-state index is 0.0581. The molecular formula is C42H30O9. The van der Waals surface area contributed by atoms with Crippen molar-refractivity contribution < 1.29 is 45.3 Å². The zero-order valence-corrected chi connectivity index (χ0v) is 26.7. The summed E-state index contributed by atoms with van der Waals surface area (Å²) in [4.78, 5) is 25.6. The summed E-state index contributed by atoms with van der Waals surface area (Å²) in [5, 5.41) is 78.6. The molecule has 0 fully saturated rings. The topological polar surface area (TPSA) is 176 Å². The summed E-state index contributed by atoms with van der Waals surface area (Å²) < 4.78 is 0. The van der Waals surface area contributed by atoms with Crippen LogP contribution < -0.4 is 0 Å². The number of aromatic carboxylic acids is 2. The molecule has 0 aliphatic rings. The number of phenols is 5. The number of fused-ring (bicyclic) bond motifs is 2. The van der Waals surface area contributed by atoms with Crippen LogP contribution in [0.2, 0.25) is 0 Å². The second kappa shape index (κ2) is 12.5. The largest absolute Gasteiger partial charge is 0.508 e. The van der Waals surface area contributed by atoms with Crippen LogP contribution in [0, 0.1) is 0 Å². The Labute approximate surface area is 290 Å². The second-order valence-electron chi connectivity index (χ2n) is 12.3. The molecule has 7 aromatic rings. The number of rotatable bonds is 8. The van der Waals surface area contributed by atoms with E-state index in [4.69, 9.17) is 0 Å². The average Bonchev–Trinajstić information content (AvgIpc) is 3.12. The lowest BCUT2D eigenvalue weighted by Crippen LogP contribution is -2.38. The van der Waals surface area contributed by atoms with E-state index in [9.17, 15) is 45.3 Å². The van der Waals surface area contributed by atoms with Crippen molar-refractivity contribution in [1.29, 1.82) is 0 Å². The van der Waals surface area contributed by atoms with Gasteiger partial charge in [-0.1, -0.05) is 84.9 Å². The maximum Gasteiger partial charge on any atom is 0.339 e. The molecule has 51 heavy (non-hydrogen) atoms. The SMILES string of the molecule is O=C(O)c1cc2ccccc2c(C(c2c(O)c(C(=O)O)cc3ccccc23)C(c2ccc(O)cc2)(c2ccc(O)cc2)c2ccc(O)cc2)c1O. The lowest BCUT2D eigenvalue weighted by atomic mass is 9.56. The van der Waals surface area contributed by atoms with Crippen molar-refractivity contribution in [3.63, 3.8) is 0 Å². The van der Waals surface area contributed by atoms with Crippen LogP contribution in [-0.2, 0) is 5.41 Å². The minimum Gasteiger partial charge on any atom is -0.508 e. The van der Waals surface area contributed by atoms with Crippen LogP contribution in [0.5, 0.6) is 28.7 Å². The van der Waals surface area contributed by atoms with Gasteiger partial charge in [-0.15, -0.1) is 0 Å². The lowest BCUT2D eigenvalue weighted by Gasteiger charge is -2.44. The smallest absolute Gasteiger partial charge is 0.339 e. The third kappa shape index (κ3) is 5.28. The number of phenolic OH excluding ortho intramolecular Hbond substituents is 3. The molecule has 0 amide bonds. The maximum absolute atomic E-state index is 12.8. The molecule has 9 nitrogen and oxygen atoms in total. The Hall–Kier alpha value is -7.00. The van der Waals surface area contributed by atoms with Gasteiger partial charge in [-0.3, -0.25) is 0 Å². The van der Waals surface area contributed by atoms with Crippen molar-refractivity contribution in [3.05, 3.63) is 172 Å². The Balaban J connectivity index is 1.84. The summed E-state index contributed by atoms with van der Waals surface area (Å²) in [6.45, 7) is 0. The molecule has 252 valence electrons. The third-order valence-electron chi connectivity index (χ3n) is 9.56. The molecule has 7 N–H and O–H groups in total. The lowest BCUT2D eigenvalue weighted by molar-refractivity contribution is 0.0682. The molecule has 0 bridgehead atoms. The van der Waals surface area contributed by atoms with Crippen molar-refractivity contribution >= 4 is 33.5 Å². The third-order valence-corrected chi connectivity index (χ3v) is 9.56. The van der Waals surface area contributed by atoms with Gasteiger partial charge in [0.2, 0.25) is 0 Å². The zero-order chi connectivity index (χ0) is 36.0. The fourth-order valence-electron chi connectivity index (χ4n) is 7.39. The highest BCUT2D eigenvalue weighted by Crippen LogP contribution is 2.59. The highest BCUT2D eigenvalue weighted by Gasteiger charge is 2.49. The first-order valence-corrected chi connectivity index (χ1v) is 15.9. The molecule has 0 saturated heterocycles. The molecule has 7 rings (SSSR count). The van der Waals surface area contributed by atoms with Crippen LogP contribution in [0.25, 0.3) is 21.5 Å². The van der Waals surface area contributed by atoms with Crippen molar-refractivity contribution in [2.45, 2.75) is 11.3 Å². The first-order valence-electron chi connectivity index (χ1n) is 15.9. The van der Waals surface area contributed by atoms with Crippen LogP contribution >= 0.6 is 0 Å². The standard InChI is InChI=1S/C42H30O9/c43-28-15-9-25(10-16-28)42(26-11-17-29(44)18-12-26,27-13-19-30(45)20-14-27)37(35-31-7-3-1-5-23(31)21-33(38(35)46)40(48)49)36-32-8-4-2-6-24(32)22-34(39(36)47)41(50)51/h1-22,37,43-47H,(H,48,49)(H,50,51). The quantitative estimate of drug-likeness (QED) is 0.0783. The number of hydrogen-bond acceptors (Lipinski definition) is 7. The minimum atomic E-state index is -1.62. The second-order valence-corrected chi connectivity index (χ2v) is 12.3. The van der Waals surface area contributed by atoms with E-state index in [1.807, 2.05) is 0 Å². The highest BCUT2D eigenvalue weighted by molar-refractivity contribution is 6.03. The first-order chi connectivity index (χ1) is 24.5. The number of aromatic hydroxyl groups is 5. The number of carbonyl (C=O) groups is 2. The van der Waals surface area contributed by atoms with Gasteiger partial charge in [0.1, 0.15) is 39.9 Å². The fraction of sp³-hybridized carbons (Fsp3) is 0.0476. The molecular weight excluding hydrogens is 648 g/mol. The molecule has 0 aliphatic heterocycles. The van der Waals surface area contributed by atoms with E-state index in [0.29, 0.717) is 38.2 Å². The van der Waals surface area contributed by atoms with Gasteiger partial charge in [0.15, 0.2) is 0 Å². The van der Waals surface area contributed by atoms with Gasteiger partial charge in [-0.05, 0) is 86.8 Å². The Kier molecular flexibility index (Phi) is 7.96. The zero-order valence-electron chi connectivity index (χ0n) is 26.7. The Morgan fingerprint density at radius 1 is 0.451 bits per heavy atom. The van der Waals surface area contributed by atoms with Crippen LogP contribution in [-0.4, -0.2) is 47.7 Å². The maximum atomic E-state index is 12.8. The van der Waals surface area contributed by atoms with Crippen molar-refractivity contribution in [1.82, 2.24) is 0 Å². The van der Waals surface area contributed by atoms with Gasteiger partial charge < -0.3 is 35.7 Å². The molecule has 0 atom stereocenters. The van der Waals surface area contributed by atoms with E-state index >= 15 is 0 Å². The van der Waals surface area contributed by atoms with Gasteiger partial charge in [0.05, 0.1) is 5.41 Å². The van der Waals surface area contributed by atoms with Crippen molar-refractivity contribution in [2.24, 2.45) is 0 Å². The van der Waals surface area contributed by atoms with E-state index in [1.165, 1.54) is 48.5 Å². The van der Waals surface area contributed by atoms with E-state index < -0.39 is 45.9 Å². The van der Waals surface area contributed by atoms with Gasteiger partial charge in [0, 0.05) is 17.0 Å². The van der Waals surface area contributed by atoms with E-state index in [2.05, 4.69) is 0 Å². The predicted octanol–water partition coefficient (Wildman–Crippen LogP) is 8.08. The monoisotopic (exact) mass is 678 g/mol. The first kappa shape index (κ1) is 32.5. The molecule has 0 aliphatic carbocycles. The fourth-order valence-corrected chi connectivity index (χ4v) is 7.39. The number of carboxylic acid groups (broad SMARTS) is 2.